The van der Waals surface area contributed by atoms with Crippen LogP contribution in [0.1, 0.15) is 69.4 Å². The van der Waals surface area contributed by atoms with Crippen molar-refractivity contribution in [3.8, 4) is 5.75 Å². The molecule has 35 heavy (non-hydrogen) atoms. The van der Waals surface area contributed by atoms with E-state index in [-0.39, 0.29) is 41.3 Å². The number of ether oxygens (including phenoxy) is 1. The fourth-order valence-corrected chi connectivity index (χ4v) is 8.21. The predicted octanol–water partition coefficient (Wildman–Crippen LogP) is 7.12. The van der Waals surface area contributed by atoms with Crippen LogP contribution in [0, 0.1) is 23.2 Å². The smallest absolute Gasteiger partial charge is 0.453 e. The second-order valence-electron chi connectivity index (χ2n) is 10.7. The van der Waals surface area contributed by atoms with Crippen molar-refractivity contribution in [2.24, 2.45) is 23.2 Å². The summed E-state index contributed by atoms with van der Waals surface area (Å²) in [4.78, 5) is 11.7. The minimum Gasteiger partial charge on any atom is -0.508 e. The number of thioether (sulfide) groups is 1. The highest BCUT2D eigenvalue weighted by atomic mass is 32.2. The number of hydrogen-bond donors (Lipinski definition) is 1. The highest BCUT2D eigenvalue weighted by Crippen LogP contribution is 2.63. The van der Waals surface area contributed by atoms with E-state index in [1.165, 1.54) is 24.2 Å². The SMILES string of the molecule is CC(=O)O[C@H]1CC[C@H]2[C@@H]3[C@H](CSCCCC(F)(F)C(F)(F)F)Cc4cc(O)ccc4[C@H]3CC[C@]12C. The van der Waals surface area contributed by atoms with E-state index in [0.29, 0.717) is 23.5 Å². The zero-order valence-electron chi connectivity index (χ0n) is 20.0. The summed E-state index contributed by atoms with van der Waals surface area (Å²) in [7, 11) is 0. The van der Waals surface area contributed by atoms with E-state index in [0.717, 1.165) is 37.7 Å². The lowest BCUT2D eigenvalue weighted by Gasteiger charge is -2.53. The molecular formula is C26H33F5O3S. The zero-order valence-corrected chi connectivity index (χ0v) is 20.9. The molecule has 1 N–H and O–H groups in total. The molecule has 0 spiro atoms. The lowest BCUT2D eigenvalue weighted by atomic mass is 9.53. The summed E-state index contributed by atoms with van der Waals surface area (Å²) < 4.78 is 69.6. The first-order chi connectivity index (χ1) is 16.3. The molecule has 6 atom stereocenters. The summed E-state index contributed by atoms with van der Waals surface area (Å²) >= 11 is 1.44. The second kappa shape index (κ2) is 9.75. The van der Waals surface area contributed by atoms with Crippen LogP contribution in [0.3, 0.4) is 0 Å². The molecule has 3 nitrogen and oxygen atoms in total. The van der Waals surface area contributed by atoms with Crippen molar-refractivity contribution in [1.82, 2.24) is 0 Å². The number of phenols is 1. The fraction of sp³-hybridized carbons (Fsp3) is 0.731. The lowest BCUT2D eigenvalue weighted by Crippen LogP contribution is -2.48. The Morgan fingerprint density at radius 2 is 1.94 bits per heavy atom. The van der Waals surface area contributed by atoms with Gasteiger partial charge in [-0.05, 0) is 97.0 Å². The molecule has 2 saturated carbocycles. The lowest BCUT2D eigenvalue weighted by molar-refractivity contribution is -0.284. The van der Waals surface area contributed by atoms with E-state index in [1.54, 1.807) is 12.1 Å². The number of carbonyl (C=O) groups excluding carboxylic acids is 1. The second-order valence-corrected chi connectivity index (χ2v) is 11.9. The summed E-state index contributed by atoms with van der Waals surface area (Å²) in [6.45, 7) is 3.65. The van der Waals surface area contributed by atoms with Gasteiger partial charge in [-0.1, -0.05) is 13.0 Å². The van der Waals surface area contributed by atoms with Gasteiger partial charge in [-0.3, -0.25) is 4.79 Å². The maximum atomic E-state index is 13.3. The van der Waals surface area contributed by atoms with Crippen LogP contribution < -0.4 is 0 Å². The number of esters is 1. The van der Waals surface area contributed by atoms with E-state index in [2.05, 4.69) is 6.92 Å². The molecule has 0 heterocycles. The molecule has 0 aromatic heterocycles. The first-order valence-corrected chi connectivity index (χ1v) is 13.5. The highest BCUT2D eigenvalue weighted by Gasteiger charge is 2.58. The van der Waals surface area contributed by atoms with Gasteiger partial charge < -0.3 is 9.84 Å². The number of rotatable bonds is 7. The topological polar surface area (TPSA) is 46.5 Å². The van der Waals surface area contributed by atoms with Crippen LogP contribution in [0.15, 0.2) is 18.2 Å². The Labute approximate surface area is 207 Å². The van der Waals surface area contributed by atoms with Crippen molar-refractivity contribution in [2.75, 3.05) is 11.5 Å². The normalized spacial score (nSPS) is 32.5. The van der Waals surface area contributed by atoms with Crippen LogP contribution in [0.4, 0.5) is 22.0 Å². The maximum Gasteiger partial charge on any atom is 0.453 e. The molecule has 0 bridgehead atoms. The molecule has 0 saturated heterocycles. The number of halogens is 5. The van der Waals surface area contributed by atoms with Gasteiger partial charge in [0, 0.05) is 18.8 Å². The first-order valence-electron chi connectivity index (χ1n) is 12.3. The molecule has 196 valence electrons. The van der Waals surface area contributed by atoms with Crippen molar-refractivity contribution in [3.63, 3.8) is 0 Å². The number of fused-ring (bicyclic) bond motifs is 5. The Kier molecular flexibility index (Phi) is 7.39. The van der Waals surface area contributed by atoms with Gasteiger partial charge in [-0.15, -0.1) is 0 Å². The van der Waals surface area contributed by atoms with Gasteiger partial charge in [0.25, 0.3) is 0 Å². The number of hydrogen-bond acceptors (Lipinski definition) is 4. The van der Waals surface area contributed by atoms with Crippen LogP contribution in [-0.4, -0.2) is 40.8 Å². The predicted molar refractivity (Wildman–Crippen MR) is 125 cm³/mol. The minimum absolute atomic E-state index is 0.120. The van der Waals surface area contributed by atoms with E-state index < -0.39 is 18.5 Å². The number of aromatic hydroxyl groups is 1. The Balaban J connectivity index is 1.49. The highest BCUT2D eigenvalue weighted by molar-refractivity contribution is 7.99. The van der Waals surface area contributed by atoms with Crippen molar-refractivity contribution < 1.29 is 36.6 Å². The van der Waals surface area contributed by atoms with Gasteiger partial charge >= 0.3 is 18.1 Å². The molecule has 0 amide bonds. The van der Waals surface area contributed by atoms with Gasteiger partial charge in [-0.25, -0.2) is 0 Å². The molecule has 3 aliphatic carbocycles. The van der Waals surface area contributed by atoms with Gasteiger partial charge in [-0.2, -0.15) is 33.7 Å². The van der Waals surface area contributed by atoms with E-state index in [1.807, 2.05) is 6.07 Å². The van der Waals surface area contributed by atoms with Gasteiger partial charge in [0.1, 0.15) is 11.9 Å². The third-order valence-corrected chi connectivity index (χ3v) is 9.87. The summed E-state index contributed by atoms with van der Waals surface area (Å²) in [6, 6.07) is 5.53. The van der Waals surface area contributed by atoms with Crippen LogP contribution >= 0.6 is 11.8 Å². The van der Waals surface area contributed by atoms with Crippen LogP contribution in [-0.2, 0) is 16.0 Å². The number of benzene rings is 1. The van der Waals surface area contributed by atoms with E-state index in [9.17, 15) is 31.9 Å². The van der Waals surface area contributed by atoms with Gasteiger partial charge in [0.05, 0.1) is 0 Å². The molecule has 4 rings (SSSR count). The third kappa shape index (κ3) is 5.16. The Bertz CT molecular complexity index is 936. The maximum absolute atomic E-state index is 13.3. The van der Waals surface area contributed by atoms with Crippen molar-refractivity contribution in [3.05, 3.63) is 29.3 Å². The Hall–Kier alpha value is -1.51. The number of alkyl halides is 5. The molecule has 1 aromatic carbocycles. The summed E-state index contributed by atoms with van der Waals surface area (Å²) in [6.07, 6.45) is -2.65. The average molecular weight is 521 g/mol. The summed E-state index contributed by atoms with van der Waals surface area (Å²) in [5, 5.41) is 10.1. The molecule has 0 unspecified atom stereocenters. The minimum atomic E-state index is -5.51. The van der Waals surface area contributed by atoms with Crippen LogP contribution in [0.5, 0.6) is 5.75 Å². The molecule has 1 aromatic rings. The van der Waals surface area contributed by atoms with Crippen molar-refractivity contribution >= 4 is 17.7 Å². The Morgan fingerprint density at radius 1 is 1.20 bits per heavy atom. The van der Waals surface area contributed by atoms with Crippen LogP contribution in [0.2, 0.25) is 0 Å². The Morgan fingerprint density at radius 3 is 2.63 bits per heavy atom. The molecule has 0 radical (unpaired) electrons. The molecule has 9 heteroatoms. The van der Waals surface area contributed by atoms with E-state index in [4.69, 9.17) is 4.74 Å². The van der Waals surface area contributed by atoms with E-state index >= 15 is 0 Å². The number of phenolic OH excluding ortho intramolecular Hbond substituents is 1. The van der Waals surface area contributed by atoms with Crippen LogP contribution in [0.25, 0.3) is 0 Å². The molecule has 0 aliphatic heterocycles. The van der Waals surface area contributed by atoms with Crippen molar-refractivity contribution in [2.45, 2.75) is 82.9 Å². The molecular weight excluding hydrogens is 487 g/mol. The average Bonchev–Trinajstić information content (AvgIpc) is 3.07. The number of carbonyl (C=O) groups is 1. The quantitative estimate of drug-likeness (QED) is 0.236. The fourth-order valence-electron chi connectivity index (χ4n) is 7.05. The standard InChI is InChI=1S/C26H33F5O3S/c1-15(32)34-22-7-6-21-23-17(14-35-11-3-9-25(27,28)26(29,30)31)12-16-13-18(33)4-5-19(16)20(23)8-10-24(21,22)2/h4-5,13,17,20-23,33H,3,6-12,14H2,1-2H3/t17-,20+,21-,22-,23+,24-/m0/s1. The monoisotopic (exact) mass is 520 g/mol. The largest absolute Gasteiger partial charge is 0.508 e. The van der Waals surface area contributed by atoms with Crippen molar-refractivity contribution in [1.29, 1.82) is 0 Å². The van der Waals surface area contributed by atoms with Gasteiger partial charge in [0.2, 0.25) is 0 Å². The molecule has 2 fully saturated rings. The summed E-state index contributed by atoms with van der Waals surface area (Å²) in [5.41, 5.74) is 2.22. The molecule has 3 aliphatic rings. The third-order valence-electron chi connectivity index (χ3n) is 8.63. The zero-order chi connectivity index (χ0) is 25.6. The summed E-state index contributed by atoms with van der Waals surface area (Å²) in [5.74, 6) is -2.64. The first kappa shape index (κ1) is 26.6. The van der Waals surface area contributed by atoms with Gasteiger partial charge in [0.15, 0.2) is 0 Å².